The monoisotopic (exact) mass is 206 g/mol. The Bertz CT molecular complexity index is 203. The van der Waals surface area contributed by atoms with E-state index in [1.54, 1.807) is 0 Å². The normalized spacial score (nSPS) is 9.38. The van der Waals surface area contributed by atoms with Crippen molar-refractivity contribution in [3.05, 3.63) is 29.8 Å². The zero-order chi connectivity index (χ0) is 10.3. The Balaban J connectivity index is 0.000000252. The number of benzene rings is 1. The Labute approximate surface area is 81.8 Å². The van der Waals surface area contributed by atoms with Crippen molar-refractivity contribution < 1.29 is 13.9 Å². The Kier molecular flexibility index (Phi) is 6.54. The highest BCUT2D eigenvalue weighted by Gasteiger charge is 1.92. The summed E-state index contributed by atoms with van der Waals surface area (Å²) in [6, 6.07) is 8.06. The Morgan fingerprint density at radius 1 is 1.31 bits per heavy atom. The number of aliphatic hydroxyl groups is 1. The molecule has 0 amide bonds. The lowest BCUT2D eigenvalue weighted by Crippen LogP contribution is -1.94. The Morgan fingerprint density at radius 2 is 1.69 bits per heavy atom. The number of halogens is 2. The maximum Gasteiger partial charge on any atom is 0.261 e. The van der Waals surface area contributed by atoms with Gasteiger partial charge in [-0.3, -0.25) is 0 Å². The Morgan fingerprint density at radius 3 is 1.92 bits per heavy atom. The summed E-state index contributed by atoms with van der Waals surface area (Å²) >= 11 is 4.13. The van der Waals surface area contributed by atoms with E-state index in [9.17, 15) is 8.78 Å². The second-order valence-corrected chi connectivity index (χ2v) is 2.93. The summed E-state index contributed by atoms with van der Waals surface area (Å²) in [7, 11) is 0. The lowest BCUT2D eigenvalue weighted by Gasteiger charge is -1.89. The molecule has 13 heavy (non-hydrogen) atoms. The van der Waals surface area contributed by atoms with Gasteiger partial charge in [-0.25, -0.2) is 8.78 Å². The fourth-order valence-corrected chi connectivity index (χ4v) is 0.694. The molecule has 0 bridgehead atoms. The molecule has 4 heteroatoms. The van der Waals surface area contributed by atoms with Crippen LogP contribution in [0.5, 0.6) is 0 Å². The number of aryl methyl sites for hydroxylation is 1. The third-order valence-electron chi connectivity index (χ3n) is 1.17. The van der Waals surface area contributed by atoms with Crippen molar-refractivity contribution in [1.82, 2.24) is 0 Å². The van der Waals surface area contributed by atoms with Crippen LogP contribution in [-0.2, 0) is 0 Å². The minimum absolute atomic E-state index is 1.02. The first-order chi connectivity index (χ1) is 6.06. The number of aliphatic hydroxyl groups excluding tert-OH is 1. The summed E-state index contributed by atoms with van der Waals surface area (Å²) in [4.78, 5) is 1.02. The van der Waals surface area contributed by atoms with E-state index in [-0.39, 0.29) is 0 Å². The summed E-state index contributed by atoms with van der Waals surface area (Å²) < 4.78 is 21.0. The number of hydrogen-bond acceptors (Lipinski definition) is 2. The lowest BCUT2D eigenvalue weighted by atomic mass is 10.2. The van der Waals surface area contributed by atoms with Crippen molar-refractivity contribution in [3.8, 4) is 0 Å². The Hall–Kier alpha value is -0.610. The third kappa shape index (κ3) is 7.74. The molecule has 0 saturated carbocycles. The van der Waals surface area contributed by atoms with E-state index in [0.717, 1.165) is 4.90 Å². The van der Waals surface area contributed by atoms with Crippen molar-refractivity contribution in [1.29, 1.82) is 0 Å². The molecular weight excluding hydrogens is 194 g/mol. The minimum atomic E-state index is -2.56. The van der Waals surface area contributed by atoms with Gasteiger partial charge in [-0.05, 0) is 19.1 Å². The summed E-state index contributed by atoms with van der Waals surface area (Å²) in [6.07, 6.45) is -2.56. The van der Waals surface area contributed by atoms with E-state index in [0.29, 0.717) is 0 Å². The van der Waals surface area contributed by atoms with E-state index in [1.165, 1.54) is 5.56 Å². The van der Waals surface area contributed by atoms with Gasteiger partial charge in [0.2, 0.25) is 0 Å². The quantitative estimate of drug-likeness (QED) is 0.676. The van der Waals surface area contributed by atoms with Crippen molar-refractivity contribution in [3.63, 3.8) is 0 Å². The molecule has 0 fully saturated rings. The van der Waals surface area contributed by atoms with E-state index in [4.69, 9.17) is 5.11 Å². The molecule has 0 aliphatic heterocycles. The van der Waals surface area contributed by atoms with Crippen LogP contribution in [0.4, 0.5) is 8.78 Å². The van der Waals surface area contributed by atoms with Crippen LogP contribution >= 0.6 is 12.6 Å². The number of alkyl halides is 2. The standard InChI is InChI=1S/C7H8S.C2H4F2O/c1-6-2-4-7(8)5-3-6;3-2(4)1-5/h2-5,8H,1H3;2,5H,1H2. The average molecular weight is 206 g/mol. The van der Waals surface area contributed by atoms with Crippen LogP contribution < -0.4 is 0 Å². The SMILES string of the molecule is Cc1ccc(S)cc1.OCC(F)F. The second-order valence-electron chi connectivity index (χ2n) is 2.41. The molecule has 0 saturated heterocycles. The van der Waals surface area contributed by atoms with Crippen molar-refractivity contribution in [2.24, 2.45) is 0 Å². The summed E-state index contributed by atoms with van der Waals surface area (Å²) in [5.74, 6) is 0. The molecule has 0 unspecified atom stereocenters. The van der Waals surface area contributed by atoms with Crippen LogP contribution in [0.25, 0.3) is 0 Å². The molecule has 0 aliphatic carbocycles. The van der Waals surface area contributed by atoms with E-state index >= 15 is 0 Å². The minimum Gasteiger partial charge on any atom is -0.390 e. The summed E-state index contributed by atoms with van der Waals surface area (Å²) in [5.41, 5.74) is 1.28. The lowest BCUT2D eigenvalue weighted by molar-refractivity contribution is 0.0700. The van der Waals surface area contributed by atoms with Gasteiger partial charge in [0.05, 0.1) is 0 Å². The zero-order valence-electron chi connectivity index (χ0n) is 7.24. The van der Waals surface area contributed by atoms with E-state index in [1.807, 2.05) is 24.3 Å². The summed E-state index contributed by atoms with van der Waals surface area (Å²) in [6.45, 7) is 1.03. The summed E-state index contributed by atoms with van der Waals surface area (Å²) in [5, 5.41) is 7.39. The van der Waals surface area contributed by atoms with Gasteiger partial charge in [0.15, 0.2) is 0 Å². The highest BCUT2D eigenvalue weighted by Crippen LogP contribution is 2.05. The molecule has 1 nitrogen and oxygen atoms in total. The van der Waals surface area contributed by atoms with Crippen LogP contribution in [0.1, 0.15) is 5.56 Å². The maximum absolute atomic E-state index is 10.5. The molecule has 1 aromatic carbocycles. The van der Waals surface area contributed by atoms with Crippen molar-refractivity contribution in [2.75, 3.05) is 6.61 Å². The molecule has 1 rings (SSSR count). The van der Waals surface area contributed by atoms with E-state index < -0.39 is 13.0 Å². The van der Waals surface area contributed by atoms with Crippen LogP contribution in [-0.4, -0.2) is 18.1 Å². The molecular formula is C9H12F2OS. The molecule has 74 valence electrons. The first-order valence-electron chi connectivity index (χ1n) is 3.71. The van der Waals surface area contributed by atoms with Gasteiger partial charge >= 0.3 is 0 Å². The average Bonchev–Trinajstić information content (AvgIpc) is 2.11. The van der Waals surface area contributed by atoms with Crippen LogP contribution in [0.2, 0.25) is 0 Å². The van der Waals surface area contributed by atoms with Crippen molar-refractivity contribution >= 4 is 12.6 Å². The topological polar surface area (TPSA) is 20.2 Å². The van der Waals surface area contributed by atoms with Gasteiger partial charge < -0.3 is 5.11 Å². The fraction of sp³-hybridized carbons (Fsp3) is 0.333. The smallest absolute Gasteiger partial charge is 0.261 e. The van der Waals surface area contributed by atoms with Gasteiger partial charge in [-0.15, -0.1) is 12.6 Å². The molecule has 1 aromatic rings. The first-order valence-corrected chi connectivity index (χ1v) is 4.15. The molecule has 0 heterocycles. The van der Waals surface area contributed by atoms with Gasteiger partial charge in [-0.1, -0.05) is 17.7 Å². The van der Waals surface area contributed by atoms with Crippen LogP contribution in [0.15, 0.2) is 29.2 Å². The number of thiol groups is 1. The molecule has 0 radical (unpaired) electrons. The predicted molar refractivity (Wildman–Crippen MR) is 51.5 cm³/mol. The van der Waals surface area contributed by atoms with Crippen LogP contribution in [0, 0.1) is 6.92 Å². The zero-order valence-corrected chi connectivity index (χ0v) is 8.14. The third-order valence-corrected chi connectivity index (χ3v) is 1.47. The van der Waals surface area contributed by atoms with Gasteiger partial charge in [-0.2, -0.15) is 0 Å². The molecule has 0 atom stereocenters. The number of hydrogen-bond donors (Lipinski definition) is 2. The molecule has 0 spiro atoms. The highest BCUT2D eigenvalue weighted by atomic mass is 32.1. The molecule has 1 N–H and O–H groups in total. The second kappa shape index (κ2) is 6.86. The highest BCUT2D eigenvalue weighted by molar-refractivity contribution is 7.80. The first kappa shape index (κ1) is 12.4. The van der Waals surface area contributed by atoms with Gasteiger partial charge in [0.25, 0.3) is 6.43 Å². The maximum atomic E-state index is 10.5. The molecule has 0 aromatic heterocycles. The fourth-order valence-electron chi connectivity index (χ4n) is 0.545. The largest absolute Gasteiger partial charge is 0.390 e. The molecule has 0 aliphatic rings. The van der Waals surface area contributed by atoms with Gasteiger partial charge in [0, 0.05) is 4.90 Å². The predicted octanol–water partition coefficient (Wildman–Crippen LogP) is 2.53. The van der Waals surface area contributed by atoms with Crippen LogP contribution in [0.3, 0.4) is 0 Å². The van der Waals surface area contributed by atoms with E-state index in [2.05, 4.69) is 19.6 Å². The van der Waals surface area contributed by atoms with Crippen molar-refractivity contribution in [2.45, 2.75) is 18.2 Å². The number of rotatable bonds is 1. The van der Waals surface area contributed by atoms with Gasteiger partial charge in [0.1, 0.15) is 6.61 Å².